The molecule has 11 heteroatoms. The number of nitrogens with zero attached hydrogens (tertiary/aromatic N) is 2. The molecular weight excluding hydrogens is 552 g/mol. The van der Waals surface area contributed by atoms with Crippen LogP contribution in [0.5, 0.6) is 11.5 Å². The molecule has 0 bridgehead atoms. The van der Waals surface area contributed by atoms with Crippen molar-refractivity contribution in [3.63, 3.8) is 0 Å². The molecule has 2 amide bonds. The summed E-state index contributed by atoms with van der Waals surface area (Å²) in [6.45, 7) is 4.53. The van der Waals surface area contributed by atoms with Crippen LogP contribution >= 0.6 is 11.3 Å². The summed E-state index contributed by atoms with van der Waals surface area (Å²) >= 11 is 1.18. The number of hydrogen-bond donors (Lipinski definition) is 4. The Balaban J connectivity index is 1.36. The van der Waals surface area contributed by atoms with Crippen LogP contribution in [0.3, 0.4) is 0 Å². The van der Waals surface area contributed by atoms with Gasteiger partial charge < -0.3 is 32.2 Å². The number of piperidine rings is 1. The van der Waals surface area contributed by atoms with E-state index in [2.05, 4.69) is 16.9 Å². The fourth-order valence-electron chi connectivity index (χ4n) is 5.79. The number of nitrogens with two attached hydrogens (primary N) is 3. The Morgan fingerprint density at radius 3 is 2.64 bits per heavy atom. The van der Waals surface area contributed by atoms with E-state index in [1.165, 1.54) is 23.6 Å². The largest absolute Gasteiger partial charge is 0.456 e. The van der Waals surface area contributed by atoms with Gasteiger partial charge in [-0.2, -0.15) is 0 Å². The van der Waals surface area contributed by atoms with Crippen molar-refractivity contribution in [3.8, 4) is 11.5 Å². The van der Waals surface area contributed by atoms with E-state index < -0.39 is 17.4 Å². The minimum absolute atomic E-state index is 0.177. The molecule has 0 saturated carbocycles. The topological polar surface area (TPSA) is 167 Å². The van der Waals surface area contributed by atoms with Crippen LogP contribution in [0.25, 0.3) is 10.1 Å². The van der Waals surface area contributed by atoms with Crippen molar-refractivity contribution < 1.29 is 19.1 Å². The van der Waals surface area contributed by atoms with Gasteiger partial charge in [-0.25, -0.2) is 0 Å². The highest BCUT2D eigenvalue weighted by Crippen LogP contribution is 2.49. The number of rotatable bonds is 6. The second kappa shape index (κ2) is 10.7. The number of anilines is 1. The van der Waals surface area contributed by atoms with E-state index in [0.29, 0.717) is 68.5 Å². The summed E-state index contributed by atoms with van der Waals surface area (Å²) in [5.74, 6) is 0.0896. The average Bonchev–Trinajstić information content (AvgIpc) is 3.42. The van der Waals surface area contributed by atoms with Crippen molar-refractivity contribution in [3.05, 3.63) is 95.1 Å². The second-order valence-electron chi connectivity index (χ2n) is 10.5. The highest BCUT2D eigenvalue weighted by atomic mass is 32.1. The van der Waals surface area contributed by atoms with Crippen molar-refractivity contribution >= 4 is 44.7 Å². The first kappa shape index (κ1) is 27.6. The summed E-state index contributed by atoms with van der Waals surface area (Å²) in [5, 5.41) is 3.63. The van der Waals surface area contributed by atoms with Gasteiger partial charge in [-0.05, 0) is 54.8 Å². The van der Waals surface area contributed by atoms with Gasteiger partial charge in [0.1, 0.15) is 17.0 Å². The van der Waals surface area contributed by atoms with E-state index in [9.17, 15) is 14.4 Å². The minimum atomic E-state index is -1.67. The Kier molecular flexibility index (Phi) is 7.01. The molecule has 1 saturated heterocycles. The van der Waals surface area contributed by atoms with Gasteiger partial charge in [-0.3, -0.25) is 19.4 Å². The summed E-state index contributed by atoms with van der Waals surface area (Å²) < 4.78 is 6.48. The van der Waals surface area contributed by atoms with Gasteiger partial charge in [0.2, 0.25) is 5.91 Å². The van der Waals surface area contributed by atoms with Crippen LogP contribution in [-0.2, 0) is 15.1 Å². The maximum absolute atomic E-state index is 14.0. The van der Waals surface area contributed by atoms with Gasteiger partial charge in [-0.1, -0.05) is 30.8 Å². The summed E-state index contributed by atoms with van der Waals surface area (Å²) in [4.78, 5) is 46.2. The third kappa shape index (κ3) is 4.51. The lowest BCUT2D eigenvalue weighted by molar-refractivity contribution is -0.127. The monoisotopic (exact) mass is 582 g/mol. The molecule has 1 fully saturated rings. The number of ketones is 1. The zero-order valence-corrected chi connectivity index (χ0v) is 23.5. The van der Waals surface area contributed by atoms with Crippen molar-refractivity contribution in [2.45, 2.75) is 30.5 Å². The summed E-state index contributed by atoms with van der Waals surface area (Å²) in [6, 6.07) is 14.5. The van der Waals surface area contributed by atoms with E-state index in [1.807, 2.05) is 30.3 Å². The third-order valence-corrected chi connectivity index (χ3v) is 9.13. The standard InChI is InChI=1S/C31H30N6O4S/c1-2-23(38)37-14-6-7-17(16-37)36-30(40)28-25-24-20(11-12-21(32)27(24)42-28)31(34,29(39)26(25)33)22-13-10-19(15-35-22)41-18-8-4-3-5-9-18/h2-5,8-13,15,17,26H,1,6-7,14,16,32-34H2,(H,36,40). The maximum atomic E-state index is 14.0. The molecule has 1 aliphatic carbocycles. The molecule has 3 unspecified atom stereocenters. The fourth-order valence-corrected chi connectivity index (χ4v) is 6.99. The molecule has 42 heavy (non-hydrogen) atoms. The van der Waals surface area contributed by atoms with Gasteiger partial charge in [0, 0.05) is 35.8 Å². The number of thiophene rings is 1. The SMILES string of the molecule is C=CC(=O)N1CCCC(NC(=O)c2sc3c(N)ccc4c3c2C(N)C(=O)C4(N)c2ccc(Oc3ccccc3)cn2)C1. The van der Waals surface area contributed by atoms with Crippen LogP contribution in [0.1, 0.15) is 45.4 Å². The number of carbonyl (C=O) groups excluding carboxylic acids is 3. The molecular formula is C31H30N6O4S. The highest BCUT2D eigenvalue weighted by molar-refractivity contribution is 7.21. The number of para-hydroxylation sites is 1. The number of nitrogens with one attached hydrogen (secondary N) is 1. The van der Waals surface area contributed by atoms with Crippen molar-refractivity contribution in [2.24, 2.45) is 11.5 Å². The molecule has 2 aromatic heterocycles. The molecule has 3 heterocycles. The molecule has 2 aromatic carbocycles. The number of aromatic nitrogens is 1. The predicted molar refractivity (Wildman–Crippen MR) is 161 cm³/mol. The predicted octanol–water partition coefficient (Wildman–Crippen LogP) is 3.36. The quantitative estimate of drug-likeness (QED) is 0.198. The zero-order valence-electron chi connectivity index (χ0n) is 22.7. The van der Waals surface area contributed by atoms with Crippen LogP contribution in [-0.4, -0.2) is 46.6 Å². The second-order valence-corrected chi connectivity index (χ2v) is 11.5. The van der Waals surface area contributed by atoms with Crippen LogP contribution < -0.4 is 27.3 Å². The van der Waals surface area contributed by atoms with Crippen LogP contribution in [0.2, 0.25) is 0 Å². The molecule has 0 spiro atoms. The molecule has 214 valence electrons. The van der Waals surface area contributed by atoms with Gasteiger partial charge in [0.15, 0.2) is 5.78 Å². The Morgan fingerprint density at radius 1 is 1.14 bits per heavy atom. The highest BCUT2D eigenvalue weighted by Gasteiger charge is 2.49. The lowest BCUT2D eigenvalue weighted by atomic mass is 9.72. The number of Topliss-reactive ketones (excluding diaryl/α,β-unsaturated/α-hetero) is 1. The summed E-state index contributed by atoms with van der Waals surface area (Å²) in [5.41, 5.74) is 19.8. The van der Waals surface area contributed by atoms with Crippen LogP contribution in [0.4, 0.5) is 5.69 Å². The number of carbonyl (C=O) groups is 3. The number of amides is 2. The first-order chi connectivity index (χ1) is 20.2. The third-order valence-electron chi connectivity index (χ3n) is 7.88. The number of pyridine rings is 1. The Morgan fingerprint density at radius 2 is 1.93 bits per heavy atom. The Bertz CT molecular complexity index is 1720. The maximum Gasteiger partial charge on any atom is 0.262 e. The number of benzene rings is 2. The van der Waals surface area contributed by atoms with Crippen LogP contribution in [0.15, 0.2) is 73.4 Å². The number of likely N-dealkylation sites (tertiary alicyclic amines) is 1. The molecule has 2 aliphatic rings. The normalized spacial score (nSPS) is 21.7. The Labute approximate surface area is 246 Å². The molecule has 6 rings (SSSR count). The molecule has 1 aliphatic heterocycles. The van der Waals surface area contributed by atoms with E-state index in [1.54, 1.807) is 29.2 Å². The molecule has 4 aromatic rings. The summed E-state index contributed by atoms with van der Waals surface area (Å²) in [6.07, 6.45) is 4.24. The van der Waals surface area contributed by atoms with E-state index in [0.717, 1.165) is 6.42 Å². The van der Waals surface area contributed by atoms with Gasteiger partial charge in [0.25, 0.3) is 5.91 Å². The first-order valence-electron chi connectivity index (χ1n) is 13.6. The van der Waals surface area contributed by atoms with Gasteiger partial charge in [-0.15, -0.1) is 11.3 Å². The number of nitrogen functional groups attached to an aromatic ring is 1. The number of ether oxygens (including phenoxy) is 1. The Hall–Kier alpha value is -4.58. The van der Waals surface area contributed by atoms with Crippen molar-refractivity contribution in [2.75, 3.05) is 18.8 Å². The first-order valence-corrected chi connectivity index (χ1v) is 14.4. The fraction of sp³-hybridized carbons (Fsp3) is 0.226. The minimum Gasteiger partial charge on any atom is -0.456 e. The number of hydrogen-bond acceptors (Lipinski definition) is 9. The molecule has 3 atom stereocenters. The lowest BCUT2D eigenvalue weighted by Crippen LogP contribution is -2.53. The van der Waals surface area contributed by atoms with E-state index in [4.69, 9.17) is 21.9 Å². The lowest BCUT2D eigenvalue weighted by Gasteiger charge is -2.36. The van der Waals surface area contributed by atoms with Crippen molar-refractivity contribution in [1.29, 1.82) is 0 Å². The smallest absolute Gasteiger partial charge is 0.262 e. The van der Waals surface area contributed by atoms with Crippen molar-refractivity contribution in [1.82, 2.24) is 15.2 Å². The molecule has 0 radical (unpaired) electrons. The average molecular weight is 583 g/mol. The molecule has 7 N–H and O–H groups in total. The zero-order chi connectivity index (χ0) is 29.6. The van der Waals surface area contributed by atoms with Crippen LogP contribution in [0, 0.1) is 0 Å². The van der Waals surface area contributed by atoms with E-state index >= 15 is 0 Å². The van der Waals surface area contributed by atoms with E-state index in [-0.39, 0.29) is 17.9 Å². The van der Waals surface area contributed by atoms with Gasteiger partial charge in [0.05, 0.1) is 27.5 Å². The van der Waals surface area contributed by atoms with Gasteiger partial charge >= 0.3 is 0 Å². The molecule has 10 nitrogen and oxygen atoms in total. The summed E-state index contributed by atoms with van der Waals surface area (Å²) in [7, 11) is 0.